The maximum atomic E-state index is 6.57. The Morgan fingerprint density at radius 2 is 1.67 bits per heavy atom. The average Bonchev–Trinajstić information content (AvgIpc) is 3.77. The summed E-state index contributed by atoms with van der Waals surface area (Å²) in [5.74, 6) is 2.20. The Balaban J connectivity index is 1.43. The topological polar surface area (TPSA) is 24.9 Å². The Morgan fingerprint density at radius 3 is 2.21 bits per heavy atom. The van der Waals surface area contributed by atoms with E-state index in [9.17, 15) is 0 Å². The highest BCUT2D eigenvalue weighted by Crippen LogP contribution is 2.44. The van der Waals surface area contributed by atoms with Gasteiger partial charge >= 0.3 is 0 Å². The molecular weight excluding hydrogens is 527 g/mol. The van der Waals surface area contributed by atoms with Gasteiger partial charge in [0.15, 0.2) is 0 Å². The predicted octanol–water partition coefficient (Wildman–Crippen LogP) is 8.40. The van der Waals surface area contributed by atoms with Crippen LogP contribution in [0.2, 0.25) is 10.0 Å². The Bertz CT molecular complexity index is 1260. The zero-order valence-electron chi connectivity index (χ0n) is 23.7. The number of allylic oxidation sites excluding steroid dienone is 4. The second-order valence-corrected chi connectivity index (χ2v) is 11.1. The third kappa shape index (κ3) is 6.74. The van der Waals surface area contributed by atoms with E-state index >= 15 is 0 Å². The molecule has 0 aromatic heterocycles. The van der Waals surface area contributed by atoms with E-state index in [1.54, 1.807) is 14.2 Å². The van der Waals surface area contributed by atoms with Crippen molar-refractivity contribution >= 4 is 40.0 Å². The highest BCUT2D eigenvalue weighted by atomic mass is 35.5. The molecule has 4 nitrogen and oxygen atoms in total. The summed E-state index contributed by atoms with van der Waals surface area (Å²) in [5.41, 5.74) is 7.50. The van der Waals surface area contributed by atoms with Crippen LogP contribution in [0, 0.1) is 12.8 Å². The summed E-state index contributed by atoms with van der Waals surface area (Å²) in [4.78, 5) is 5.00. The second kappa shape index (κ2) is 13.1. The minimum absolute atomic E-state index is 0.468. The molecule has 1 aliphatic carbocycles. The summed E-state index contributed by atoms with van der Waals surface area (Å²) < 4.78 is 11.3. The number of nitrogens with zero attached hydrogens (tertiary/aromatic N) is 2. The van der Waals surface area contributed by atoms with Gasteiger partial charge in [0, 0.05) is 65.5 Å². The molecule has 1 aliphatic heterocycles. The smallest absolute Gasteiger partial charge is 0.119 e. The van der Waals surface area contributed by atoms with Gasteiger partial charge in [0.2, 0.25) is 0 Å². The van der Waals surface area contributed by atoms with Crippen LogP contribution in [0.3, 0.4) is 0 Å². The van der Waals surface area contributed by atoms with Crippen LogP contribution in [0.25, 0.3) is 11.1 Å². The number of ether oxygens (including phenoxy) is 2. The minimum Gasteiger partial charge on any atom is -0.501 e. The van der Waals surface area contributed by atoms with Crippen molar-refractivity contribution in [3.05, 3.63) is 99.5 Å². The van der Waals surface area contributed by atoms with Crippen LogP contribution in [0.4, 0.5) is 5.69 Å². The summed E-state index contributed by atoms with van der Waals surface area (Å²) in [5, 5.41) is 1.25. The van der Waals surface area contributed by atoms with Gasteiger partial charge in [-0.1, -0.05) is 54.6 Å². The maximum Gasteiger partial charge on any atom is 0.119 e. The lowest BCUT2D eigenvalue weighted by Crippen LogP contribution is -2.46. The lowest BCUT2D eigenvalue weighted by molar-refractivity contribution is 0.249. The normalized spacial score (nSPS) is 17.1. The van der Waals surface area contributed by atoms with Crippen LogP contribution < -0.4 is 4.90 Å². The first-order valence-corrected chi connectivity index (χ1v) is 14.4. The SMILES string of the molecule is C=C(OC)/C(=C/C)c1ccc(N2CCN(CC/C(C(=C)c3c(Cl)cccc3Cl)=C(/OC)C3CC3)CC2)cc1C. The molecule has 1 saturated heterocycles. The van der Waals surface area contributed by atoms with Crippen LogP contribution in [0.1, 0.15) is 42.9 Å². The first-order chi connectivity index (χ1) is 18.8. The molecule has 208 valence electrons. The fraction of sp³-hybridized carbons (Fsp3) is 0.394. The number of benzene rings is 2. The van der Waals surface area contributed by atoms with Crippen molar-refractivity contribution in [2.45, 2.75) is 33.1 Å². The molecule has 2 aromatic carbocycles. The minimum atomic E-state index is 0.468. The number of halogens is 2. The number of anilines is 1. The number of piperazine rings is 1. The van der Waals surface area contributed by atoms with E-state index in [0.717, 1.165) is 85.6 Å². The van der Waals surface area contributed by atoms with E-state index in [0.29, 0.717) is 21.7 Å². The first-order valence-electron chi connectivity index (χ1n) is 13.7. The van der Waals surface area contributed by atoms with Crippen molar-refractivity contribution in [1.29, 1.82) is 0 Å². The van der Waals surface area contributed by atoms with Gasteiger partial charge in [0.05, 0.1) is 14.2 Å². The van der Waals surface area contributed by atoms with Gasteiger partial charge in [-0.25, -0.2) is 0 Å². The van der Waals surface area contributed by atoms with Gasteiger partial charge in [0.25, 0.3) is 0 Å². The van der Waals surface area contributed by atoms with Gasteiger partial charge in [-0.05, 0) is 79.6 Å². The highest BCUT2D eigenvalue weighted by Gasteiger charge is 2.31. The number of aryl methyl sites for hydroxylation is 1. The monoisotopic (exact) mass is 566 g/mol. The number of rotatable bonds is 11. The molecule has 39 heavy (non-hydrogen) atoms. The quantitative estimate of drug-likeness (QED) is 0.201. The summed E-state index contributed by atoms with van der Waals surface area (Å²) in [6.45, 7) is 17.6. The highest BCUT2D eigenvalue weighted by molar-refractivity contribution is 6.37. The molecule has 2 aliphatic rings. The summed E-state index contributed by atoms with van der Waals surface area (Å²) in [7, 11) is 3.43. The van der Waals surface area contributed by atoms with Crippen LogP contribution >= 0.6 is 23.2 Å². The molecule has 0 atom stereocenters. The molecule has 1 saturated carbocycles. The Hall–Kier alpha value is -2.66. The van der Waals surface area contributed by atoms with E-state index in [1.165, 1.54) is 11.3 Å². The van der Waals surface area contributed by atoms with Gasteiger partial charge in [-0.3, -0.25) is 4.90 Å². The Morgan fingerprint density at radius 1 is 1.00 bits per heavy atom. The molecular formula is C33H40Cl2N2O2. The van der Waals surface area contributed by atoms with Gasteiger partial charge in [0.1, 0.15) is 11.5 Å². The van der Waals surface area contributed by atoms with Crippen LogP contribution in [-0.4, -0.2) is 51.8 Å². The fourth-order valence-electron chi connectivity index (χ4n) is 5.46. The molecule has 0 amide bonds. The van der Waals surface area contributed by atoms with Gasteiger partial charge in [-0.15, -0.1) is 0 Å². The number of hydrogen-bond donors (Lipinski definition) is 0. The van der Waals surface area contributed by atoms with Crippen molar-refractivity contribution in [3.63, 3.8) is 0 Å². The molecule has 1 heterocycles. The Labute approximate surface area is 244 Å². The van der Waals surface area contributed by atoms with E-state index in [2.05, 4.69) is 54.2 Å². The summed E-state index contributed by atoms with van der Waals surface area (Å²) in [6.07, 6.45) is 5.22. The summed E-state index contributed by atoms with van der Waals surface area (Å²) in [6, 6.07) is 12.3. The van der Waals surface area contributed by atoms with E-state index in [-0.39, 0.29) is 0 Å². The third-order valence-corrected chi connectivity index (χ3v) is 8.48. The molecule has 2 fully saturated rings. The van der Waals surface area contributed by atoms with Crippen LogP contribution in [-0.2, 0) is 9.47 Å². The molecule has 0 N–H and O–H groups in total. The van der Waals surface area contributed by atoms with Crippen molar-refractivity contribution < 1.29 is 9.47 Å². The van der Waals surface area contributed by atoms with Gasteiger partial charge < -0.3 is 14.4 Å². The molecule has 0 spiro atoms. The van der Waals surface area contributed by atoms with Crippen LogP contribution in [0.5, 0.6) is 0 Å². The lowest BCUT2D eigenvalue weighted by Gasteiger charge is -2.36. The number of hydrogen-bond acceptors (Lipinski definition) is 4. The summed E-state index contributed by atoms with van der Waals surface area (Å²) >= 11 is 13.1. The van der Waals surface area contributed by atoms with E-state index < -0.39 is 0 Å². The molecule has 0 unspecified atom stereocenters. The molecule has 0 bridgehead atoms. The zero-order chi connectivity index (χ0) is 28.1. The van der Waals surface area contributed by atoms with E-state index in [1.807, 2.05) is 25.1 Å². The van der Waals surface area contributed by atoms with Crippen molar-refractivity contribution in [2.75, 3.05) is 51.8 Å². The second-order valence-electron chi connectivity index (χ2n) is 10.3. The lowest BCUT2D eigenvalue weighted by atomic mass is 9.94. The van der Waals surface area contributed by atoms with Crippen LogP contribution in [0.15, 0.2) is 72.7 Å². The first kappa shape index (κ1) is 29.3. The molecule has 2 aromatic rings. The van der Waals surface area contributed by atoms with Crippen molar-refractivity contribution in [1.82, 2.24) is 4.90 Å². The standard InChI is InChI=1S/C33H40Cl2N2O2/c1-7-27(24(4)38-5)28-14-13-26(21-22(28)2)37-19-17-36(18-20-37)16-15-29(33(39-6)25-11-12-25)23(3)32-30(34)9-8-10-31(32)35/h7-10,13-14,21,25H,3-4,11-12,15-20H2,1-2,5-6H3/b27-7-,33-29-. The number of methoxy groups -OCH3 is 2. The predicted molar refractivity (Wildman–Crippen MR) is 167 cm³/mol. The largest absolute Gasteiger partial charge is 0.501 e. The molecule has 0 radical (unpaired) electrons. The average molecular weight is 568 g/mol. The fourth-order valence-corrected chi connectivity index (χ4v) is 6.09. The van der Waals surface area contributed by atoms with Gasteiger partial charge in [-0.2, -0.15) is 0 Å². The third-order valence-electron chi connectivity index (χ3n) is 7.85. The zero-order valence-corrected chi connectivity index (χ0v) is 25.2. The Kier molecular flexibility index (Phi) is 9.87. The molecule has 4 rings (SSSR count). The van der Waals surface area contributed by atoms with Crippen molar-refractivity contribution in [3.8, 4) is 0 Å². The maximum absolute atomic E-state index is 6.57. The van der Waals surface area contributed by atoms with E-state index in [4.69, 9.17) is 32.7 Å². The molecule has 6 heteroatoms. The van der Waals surface area contributed by atoms with Crippen molar-refractivity contribution in [2.24, 2.45) is 5.92 Å².